The van der Waals surface area contributed by atoms with E-state index in [4.69, 9.17) is 23.7 Å². The normalized spacial score (nSPS) is 14.3. The summed E-state index contributed by atoms with van der Waals surface area (Å²) < 4.78 is 75.9. The molecule has 1 aliphatic heterocycles. The number of carbonyl (C=O) groups excluding carboxylic acids is 4. The van der Waals surface area contributed by atoms with Crippen LogP contribution in [0.4, 0.5) is 30.1 Å². The Kier molecular flexibility index (Phi) is 16.2. The number of nitrogens with one attached hydrogen (secondary N) is 1. The van der Waals surface area contributed by atoms with E-state index in [9.17, 15) is 27.6 Å². The number of ether oxygens (including phenoxy) is 5. The number of carbonyl (C=O) groups is 4. The summed E-state index contributed by atoms with van der Waals surface area (Å²) in [5, 5.41) is 0. The van der Waals surface area contributed by atoms with Crippen LogP contribution in [-0.4, -0.2) is 86.7 Å². The number of hydrogen-bond acceptors (Lipinski definition) is 11. The quantitative estimate of drug-likeness (QED) is 0.0985. The zero-order valence-electron chi connectivity index (χ0n) is 36.2. The number of fused-ring (bicyclic) bond motifs is 1. The molecule has 0 saturated heterocycles. The van der Waals surface area contributed by atoms with Crippen LogP contribution < -0.4 is 18.7 Å². The van der Waals surface area contributed by atoms with Crippen LogP contribution >= 0.6 is 0 Å². The molecule has 17 heteroatoms. The summed E-state index contributed by atoms with van der Waals surface area (Å²) in [4.78, 5) is 56.7. The minimum atomic E-state index is -5.16. The number of nitrogens with zero attached hydrogens (tertiary/aromatic N) is 3. The molecule has 0 spiro atoms. The van der Waals surface area contributed by atoms with E-state index in [1.807, 2.05) is 13.8 Å². The third kappa shape index (κ3) is 14.3. The van der Waals surface area contributed by atoms with Gasteiger partial charge in [-0.3, -0.25) is 9.69 Å². The maximum atomic E-state index is 17.7. The van der Waals surface area contributed by atoms with Crippen LogP contribution in [0, 0.1) is 11.7 Å². The fraction of sp³-hybridized carbons (Fsp3) is 0.571. The Bertz CT molecular complexity index is 1920. The minimum Gasteiger partial charge on any atom is -0.487 e. The predicted octanol–water partition coefficient (Wildman–Crippen LogP) is 8.05. The van der Waals surface area contributed by atoms with Gasteiger partial charge in [0.2, 0.25) is 0 Å². The van der Waals surface area contributed by atoms with Crippen molar-refractivity contribution >= 4 is 45.8 Å². The molecule has 0 bridgehead atoms. The summed E-state index contributed by atoms with van der Waals surface area (Å²) in [6, 6.07) is 9.05. The van der Waals surface area contributed by atoms with Crippen molar-refractivity contribution in [2.75, 3.05) is 35.4 Å². The van der Waals surface area contributed by atoms with Crippen LogP contribution in [0.25, 0.3) is 0 Å². The number of amides is 3. The average Bonchev–Trinajstić information content (AvgIpc) is 3.47. The SMILES string of the molecule is C=CCOC(=O)NS(=O)(=O)N(CC(=O)OC(C)(C)C)c1c(OCc2ccccc2)cc2c(c1F)C[C@H](CN(CC(CC)CC)C(=O)OC(C)(C)C)N2C(=O)OC(C)(C)C. The van der Waals surface area contributed by atoms with Crippen molar-refractivity contribution < 1.29 is 55.7 Å². The molecular weight excluding hydrogens is 788 g/mol. The third-order valence-corrected chi connectivity index (χ3v) is 9.98. The zero-order valence-corrected chi connectivity index (χ0v) is 37.0. The molecule has 2 aromatic carbocycles. The van der Waals surface area contributed by atoms with Crippen molar-refractivity contribution in [1.82, 2.24) is 9.62 Å². The molecule has 1 atom stereocenters. The van der Waals surface area contributed by atoms with Gasteiger partial charge in [0.15, 0.2) is 5.82 Å². The number of anilines is 2. The van der Waals surface area contributed by atoms with Gasteiger partial charge in [0.05, 0.1) is 11.7 Å². The Hall–Kier alpha value is -5.06. The first-order valence-electron chi connectivity index (χ1n) is 19.6. The van der Waals surface area contributed by atoms with Crippen molar-refractivity contribution in [2.24, 2.45) is 5.92 Å². The topological polar surface area (TPSA) is 170 Å². The fourth-order valence-corrected chi connectivity index (χ4v) is 7.19. The highest BCUT2D eigenvalue weighted by molar-refractivity contribution is 7.91. The molecule has 0 aliphatic carbocycles. The maximum absolute atomic E-state index is 17.7. The van der Waals surface area contributed by atoms with Gasteiger partial charge in [-0.2, -0.15) is 8.42 Å². The molecule has 1 heterocycles. The number of esters is 1. The molecule has 0 saturated carbocycles. The molecule has 1 aliphatic rings. The van der Waals surface area contributed by atoms with E-state index < -0.39 is 81.1 Å². The van der Waals surface area contributed by atoms with E-state index in [1.165, 1.54) is 21.9 Å². The molecule has 0 radical (unpaired) electrons. The smallest absolute Gasteiger partial charge is 0.422 e. The molecule has 3 rings (SSSR count). The van der Waals surface area contributed by atoms with Gasteiger partial charge in [-0.1, -0.05) is 69.7 Å². The van der Waals surface area contributed by atoms with Gasteiger partial charge in [0.1, 0.15) is 48.0 Å². The Morgan fingerprint density at radius 2 is 1.54 bits per heavy atom. The Morgan fingerprint density at radius 3 is 2.08 bits per heavy atom. The highest BCUT2D eigenvalue weighted by Crippen LogP contribution is 2.46. The lowest BCUT2D eigenvalue weighted by atomic mass is 10.0. The van der Waals surface area contributed by atoms with E-state index in [0.717, 1.165) is 12.8 Å². The number of rotatable bonds is 16. The molecule has 0 aromatic heterocycles. The number of halogens is 1. The first-order chi connectivity index (χ1) is 27.3. The predicted molar refractivity (Wildman–Crippen MR) is 222 cm³/mol. The van der Waals surface area contributed by atoms with E-state index in [-0.39, 0.29) is 49.9 Å². The van der Waals surface area contributed by atoms with Crippen molar-refractivity contribution in [3.05, 3.63) is 66.0 Å². The van der Waals surface area contributed by atoms with E-state index in [0.29, 0.717) is 9.87 Å². The summed E-state index contributed by atoms with van der Waals surface area (Å²) in [7, 11) is -5.16. The van der Waals surface area contributed by atoms with Crippen LogP contribution in [-0.2, 0) is 47.0 Å². The summed E-state index contributed by atoms with van der Waals surface area (Å²) in [5.41, 5.74) is -3.24. The third-order valence-electron chi connectivity index (χ3n) is 8.67. The molecule has 2 aromatic rings. The van der Waals surface area contributed by atoms with E-state index in [1.54, 1.807) is 97.4 Å². The lowest BCUT2D eigenvalue weighted by molar-refractivity contribution is -0.152. The Labute approximate surface area is 348 Å². The van der Waals surface area contributed by atoms with Gasteiger partial charge < -0.3 is 28.6 Å². The van der Waals surface area contributed by atoms with Gasteiger partial charge in [0, 0.05) is 31.1 Å². The van der Waals surface area contributed by atoms with Crippen molar-refractivity contribution in [3.8, 4) is 5.75 Å². The summed E-state index contributed by atoms with van der Waals surface area (Å²) in [6.07, 6.45) is -0.462. The van der Waals surface area contributed by atoms with Gasteiger partial charge >= 0.3 is 34.5 Å². The van der Waals surface area contributed by atoms with Gasteiger partial charge in [-0.15, -0.1) is 0 Å². The van der Waals surface area contributed by atoms with Crippen LogP contribution in [0.3, 0.4) is 0 Å². The molecule has 0 fully saturated rings. The van der Waals surface area contributed by atoms with E-state index >= 15 is 4.39 Å². The van der Waals surface area contributed by atoms with Crippen LogP contribution in [0.1, 0.15) is 100 Å². The Balaban J connectivity index is 2.35. The summed E-state index contributed by atoms with van der Waals surface area (Å²) >= 11 is 0. The molecule has 0 unspecified atom stereocenters. The largest absolute Gasteiger partial charge is 0.487 e. The van der Waals surface area contributed by atoms with E-state index in [2.05, 4.69) is 6.58 Å². The molecule has 3 amide bonds. The first kappa shape index (κ1) is 48.3. The summed E-state index contributed by atoms with van der Waals surface area (Å²) in [5.74, 6) is -2.61. The second-order valence-electron chi connectivity index (χ2n) is 17.2. The zero-order chi connectivity index (χ0) is 44.5. The second kappa shape index (κ2) is 19.8. The lowest BCUT2D eigenvalue weighted by Gasteiger charge is -2.35. The number of benzene rings is 2. The molecule has 328 valence electrons. The molecule has 59 heavy (non-hydrogen) atoms. The lowest BCUT2D eigenvalue weighted by Crippen LogP contribution is -2.50. The van der Waals surface area contributed by atoms with Crippen LogP contribution in [0.5, 0.6) is 5.75 Å². The van der Waals surface area contributed by atoms with Gasteiger partial charge in [-0.05, 0) is 73.8 Å². The highest BCUT2D eigenvalue weighted by atomic mass is 32.2. The monoisotopic (exact) mass is 848 g/mol. The first-order valence-corrected chi connectivity index (χ1v) is 21.0. The van der Waals surface area contributed by atoms with Crippen molar-refractivity contribution in [1.29, 1.82) is 0 Å². The molecule has 1 N–H and O–H groups in total. The highest BCUT2D eigenvalue weighted by Gasteiger charge is 2.44. The van der Waals surface area contributed by atoms with Gasteiger partial charge in [0.25, 0.3) is 0 Å². The number of hydrogen-bond donors (Lipinski definition) is 1. The average molecular weight is 849 g/mol. The molecular formula is C42H61FN4O11S. The second-order valence-corrected chi connectivity index (χ2v) is 18.8. The minimum absolute atomic E-state index is 0.0202. The maximum Gasteiger partial charge on any atom is 0.422 e. The summed E-state index contributed by atoms with van der Waals surface area (Å²) in [6.45, 7) is 20.8. The van der Waals surface area contributed by atoms with Crippen LogP contribution in [0.2, 0.25) is 0 Å². The Morgan fingerprint density at radius 1 is 0.949 bits per heavy atom. The van der Waals surface area contributed by atoms with Crippen LogP contribution in [0.15, 0.2) is 49.1 Å². The van der Waals surface area contributed by atoms with Crippen molar-refractivity contribution in [3.63, 3.8) is 0 Å². The van der Waals surface area contributed by atoms with Gasteiger partial charge in [-0.25, -0.2) is 27.8 Å². The van der Waals surface area contributed by atoms with Crippen molar-refractivity contribution in [2.45, 2.75) is 125 Å². The molecule has 15 nitrogen and oxygen atoms in total. The standard InChI is InChI=1S/C42H61FN4O11S/c1-13-21-54-37(49)44-59(52,53)46(26-34(48)56-40(4,5)6)36-33(55-27-29-19-17-16-18-20-29)23-32-31(35(36)43)22-30(47(32)39(51)58-42(10,11)12)25-45(24-28(14-2)15-3)38(50)57-41(7,8)9/h13,16-20,23,28,30H,1,14-15,21-22,24-27H2,2-12H3,(H,44,49)/t30-/m1/s1. The fourth-order valence-electron chi connectivity index (χ4n) is 6.12.